The average molecular weight is 308 g/mol. The molecule has 5 heteroatoms. The zero-order valence-corrected chi connectivity index (χ0v) is 13.4. The number of hydrogen-bond donors (Lipinski definition) is 1. The Hall–Kier alpha value is -1.26. The Bertz CT molecular complexity index is 597. The first-order chi connectivity index (χ1) is 9.47. The van der Waals surface area contributed by atoms with Gasteiger partial charge in [0.1, 0.15) is 16.7 Å². The van der Waals surface area contributed by atoms with Crippen LogP contribution >= 0.6 is 23.4 Å². The van der Waals surface area contributed by atoms with Crippen LogP contribution in [0.15, 0.2) is 29.3 Å². The maximum atomic E-state index is 5.97. The van der Waals surface area contributed by atoms with Crippen LogP contribution in [0.25, 0.3) is 0 Å². The highest BCUT2D eigenvalue weighted by atomic mass is 35.5. The molecule has 3 nitrogen and oxygen atoms in total. The number of anilines is 1. The van der Waals surface area contributed by atoms with Crippen molar-refractivity contribution in [2.24, 2.45) is 0 Å². The third-order valence-electron chi connectivity index (χ3n) is 2.96. The number of nitrogens with two attached hydrogens (primary N) is 1. The van der Waals surface area contributed by atoms with Crippen LogP contribution in [0, 0.1) is 6.92 Å². The van der Waals surface area contributed by atoms with Gasteiger partial charge in [0.05, 0.1) is 0 Å². The van der Waals surface area contributed by atoms with Crippen LogP contribution in [0.2, 0.25) is 5.02 Å². The highest BCUT2D eigenvalue weighted by Gasteiger charge is 2.11. The van der Waals surface area contributed by atoms with E-state index < -0.39 is 0 Å². The Morgan fingerprint density at radius 1 is 1.20 bits per heavy atom. The molecule has 2 N–H and O–H groups in total. The molecule has 1 heterocycles. The summed E-state index contributed by atoms with van der Waals surface area (Å²) >= 11 is 7.56. The van der Waals surface area contributed by atoms with Crippen molar-refractivity contribution < 1.29 is 0 Å². The van der Waals surface area contributed by atoms with E-state index in [4.69, 9.17) is 17.3 Å². The van der Waals surface area contributed by atoms with Gasteiger partial charge in [-0.05, 0) is 24.6 Å². The smallest absolute Gasteiger partial charge is 0.134 e. The minimum absolute atomic E-state index is 0.271. The van der Waals surface area contributed by atoms with Crippen molar-refractivity contribution in [2.45, 2.75) is 37.5 Å². The zero-order valence-electron chi connectivity index (χ0n) is 11.9. The van der Waals surface area contributed by atoms with Crippen molar-refractivity contribution in [1.29, 1.82) is 0 Å². The fraction of sp³-hybridized carbons (Fsp3) is 0.333. The molecule has 0 aliphatic rings. The number of halogens is 1. The number of nitrogen functional groups attached to an aromatic ring is 1. The minimum atomic E-state index is 0.271. The molecule has 0 saturated carbocycles. The number of nitrogens with zero attached hydrogens (tertiary/aromatic N) is 2. The van der Waals surface area contributed by atoms with E-state index in [2.05, 4.69) is 23.8 Å². The quantitative estimate of drug-likeness (QED) is 0.670. The Kier molecular flexibility index (Phi) is 4.89. The number of thioether (sulfide) groups is 1. The lowest BCUT2D eigenvalue weighted by atomic mass is 10.2. The molecule has 1 aromatic carbocycles. The van der Waals surface area contributed by atoms with E-state index in [9.17, 15) is 0 Å². The molecule has 0 aliphatic carbocycles. The van der Waals surface area contributed by atoms with Gasteiger partial charge in [0.25, 0.3) is 0 Å². The van der Waals surface area contributed by atoms with E-state index in [0.717, 1.165) is 27.2 Å². The Morgan fingerprint density at radius 3 is 2.45 bits per heavy atom. The fourth-order valence-electron chi connectivity index (χ4n) is 1.66. The second-order valence-corrected chi connectivity index (χ2v) is 6.37. The van der Waals surface area contributed by atoms with E-state index in [0.29, 0.717) is 5.82 Å². The Balaban J connectivity index is 2.18. The summed E-state index contributed by atoms with van der Waals surface area (Å²) < 4.78 is 0. The molecule has 0 bridgehead atoms. The molecular weight excluding hydrogens is 290 g/mol. The monoisotopic (exact) mass is 307 g/mol. The van der Waals surface area contributed by atoms with Gasteiger partial charge in [-0.1, -0.05) is 37.6 Å². The number of aromatic nitrogens is 2. The normalized spacial score (nSPS) is 11.1. The third kappa shape index (κ3) is 3.64. The van der Waals surface area contributed by atoms with Gasteiger partial charge in [0, 0.05) is 22.3 Å². The number of hydrogen-bond acceptors (Lipinski definition) is 4. The van der Waals surface area contributed by atoms with Gasteiger partial charge in [-0.25, -0.2) is 9.97 Å². The van der Waals surface area contributed by atoms with E-state index in [1.54, 1.807) is 11.8 Å². The van der Waals surface area contributed by atoms with Crippen molar-refractivity contribution in [1.82, 2.24) is 9.97 Å². The highest BCUT2D eigenvalue weighted by molar-refractivity contribution is 7.98. The van der Waals surface area contributed by atoms with Gasteiger partial charge in [-0.2, -0.15) is 0 Å². The molecule has 1 aromatic heterocycles. The van der Waals surface area contributed by atoms with Crippen molar-refractivity contribution in [3.63, 3.8) is 0 Å². The lowest BCUT2D eigenvalue weighted by Crippen LogP contribution is -2.05. The first-order valence-electron chi connectivity index (χ1n) is 6.48. The summed E-state index contributed by atoms with van der Waals surface area (Å²) in [6, 6.07) is 7.85. The SMILES string of the molecule is Cc1c(N)nc(C(C)C)nc1SCc1ccc(Cl)cc1. The lowest BCUT2D eigenvalue weighted by molar-refractivity contribution is 0.751. The molecule has 2 aromatic rings. The highest BCUT2D eigenvalue weighted by Crippen LogP contribution is 2.28. The molecule has 0 radical (unpaired) electrons. The molecule has 0 amide bonds. The van der Waals surface area contributed by atoms with Gasteiger partial charge in [0.15, 0.2) is 0 Å². The predicted molar refractivity (Wildman–Crippen MR) is 86.3 cm³/mol. The summed E-state index contributed by atoms with van der Waals surface area (Å²) in [6.45, 7) is 6.10. The van der Waals surface area contributed by atoms with Gasteiger partial charge < -0.3 is 5.73 Å². The third-order valence-corrected chi connectivity index (χ3v) is 4.36. The van der Waals surface area contributed by atoms with E-state index in [1.165, 1.54) is 5.56 Å². The molecule has 106 valence electrons. The van der Waals surface area contributed by atoms with Gasteiger partial charge in [-0.3, -0.25) is 0 Å². The van der Waals surface area contributed by atoms with Crippen LogP contribution in [0.1, 0.15) is 36.7 Å². The maximum absolute atomic E-state index is 5.97. The van der Waals surface area contributed by atoms with Crippen LogP contribution in [0.5, 0.6) is 0 Å². The van der Waals surface area contributed by atoms with E-state index in [-0.39, 0.29) is 5.92 Å². The van der Waals surface area contributed by atoms with Gasteiger partial charge in [-0.15, -0.1) is 11.8 Å². The predicted octanol–water partition coefficient (Wildman–Crippen LogP) is 4.44. The minimum Gasteiger partial charge on any atom is -0.383 e. The number of rotatable bonds is 4. The summed E-state index contributed by atoms with van der Waals surface area (Å²) in [6.07, 6.45) is 0. The van der Waals surface area contributed by atoms with Crippen LogP contribution in [0.4, 0.5) is 5.82 Å². The summed E-state index contributed by atoms with van der Waals surface area (Å²) in [4.78, 5) is 8.95. The van der Waals surface area contributed by atoms with Crippen molar-refractivity contribution >= 4 is 29.2 Å². The van der Waals surface area contributed by atoms with Crippen LogP contribution < -0.4 is 5.73 Å². The van der Waals surface area contributed by atoms with Gasteiger partial charge >= 0.3 is 0 Å². The first kappa shape index (κ1) is 15.1. The second kappa shape index (κ2) is 6.46. The summed E-state index contributed by atoms with van der Waals surface area (Å²) in [5.41, 5.74) is 8.13. The summed E-state index contributed by atoms with van der Waals surface area (Å²) in [5, 5.41) is 1.71. The van der Waals surface area contributed by atoms with Crippen LogP contribution in [-0.2, 0) is 5.75 Å². The summed E-state index contributed by atoms with van der Waals surface area (Å²) in [7, 11) is 0. The van der Waals surface area contributed by atoms with Crippen molar-refractivity contribution in [3.05, 3.63) is 46.2 Å². The van der Waals surface area contributed by atoms with E-state index in [1.807, 2.05) is 31.2 Å². The molecule has 0 atom stereocenters. The number of benzene rings is 1. The topological polar surface area (TPSA) is 51.8 Å². The van der Waals surface area contributed by atoms with Crippen molar-refractivity contribution in [2.75, 3.05) is 5.73 Å². The second-order valence-electron chi connectivity index (χ2n) is 4.97. The molecule has 0 saturated heterocycles. The molecule has 0 aliphatic heterocycles. The zero-order chi connectivity index (χ0) is 14.7. The molecule has 0 unspecified atom stereocenters. The average Bonchev–Trinajstić information content (AvgIpc) is 2.42. The van der Waals surface area contributed by atoms with Crippen LogP contribution in [0.3, 0.4) is 0 Å². The largest absolute Gasteiger partial charge is 0.383 e. The van der Waals surface area contributed by atoms with Gasteiger partial charge in [0.2, 0.25) is 0 Å². The first-order valence-corrected chi connectivity index (χ1v) is 7.85. The fourth-order valence-corrected chi connectivity index (χ4v) is 2.76. The molecule has 0 spiro atoms. The van der Waals surface area contributed by atoms with Crippen molar-refractivity contribution in [3.8, 4) is 0 Å². The van der Waals surface area contributed by atoms with E-state index >= 15 is 0 Å². The molecular formula is C15H18ClN3S. The molecule has 2 rings (SSSR count). The Labute approximate surface area is 129 Å². The van der Waals surface area contributed by atoms with Crippen LogP contribution in [-0.4, -0.2) is 9.97 Å². The summed E-state index contributed by atoms with van der Waals surface area (Å²) in [5.74, 6) is 2.48. The standard InChI is InChI=1S/C15H18ClN3S/c1-9(2)14-18-13(17)10(3)15(19-14)20-8-11-4-6-12(16)7-5-11/h4-7,9H,8H2,1-3H3,(H2,17,18,19). The molecule has 20 heavy (non-hydrogen) atoms. The maximum Gasteiger partial charge on any atom is 0.134 e. The molecule has 0 fully saturated rings. The Morgan fingerprint density at radius 2 is 1.85 bits per heavy atom. The lowest BCUT2D eigenvalue weighted by Gasteiger charge is -2.11.